The number of thiophene rings is 1. The van der Waals surface area contributed by atoms with Crippen LogP contribution in [0.5, 0.6) is 0 Å². The first kappa shape index (κ1) is 34.7. The summed E-state index contributed by atoms with van der Waals surface area (Å²) in [6.45, 7) is 0. The highest BCUT2D eigenvalue weighted by molar-refractivity contribution is 7.26. The normalized spacial score (nSPS) is 13.2. The van der Waals surface area contributed by atoms with Crippen LogP contribution in [0.15, 0.2) is 206 Å². The zero-order valence-corrected chi connectivity index (χ0v) is 34.6. The number of fused-ring (bicyclic) bond motifs is 17. The van der Waals surface area contributed by atoms with Gasteiger partial charge in [0.25, 0.3) is 0 Å². The minimum atomic E-state index is -0.406. The maximum Gasteiger partial charge on any atom is 0.164 e. The fraction of sp³-hybridized carbons (Fsp3) is 0.0172. The smallest absolute Gasteiger partial charge is 0.164 e. The van der Waals surface area contributed by atoms with Gasteiger partial charge in [-0.05, 0) is 80.9 Å². The minimum Gasteiger partial charge on any atom is -0.309 e. The second kappa shape index (κ2) is 13.0. The number of rotatable bonds is 4. The van der Waals surface area contributed by atoms with Crippen LogP contribution in [0.25, 0.3) is 104 Å². The second-order valence-electron chi connectivity index (χ2n) is 16.6. The van der Waals surface area contributed by atoms with E-state index in [0.29, 0.717) is 17.5 Å². The Labute approximate surface area is 367 Å². The second-order valence-corrected chi connectivity index (χ2v) is 17.7. The Morgan fingerprint density at radius 3 is 1.63 bits per heavy atom. The average Bonchev–Trinajstić information content (AvgIpc) is 4.08. The summed E-state index contributed by atoms with van der Waals surface area (Å²) in [7, 11) is 0. The molecule has 0 N–H and O–H groups in total. The lowest BCUT2D eigenvalue weighted by atomic mass is 9.70. The molecule has 0 saturated carbocycles. The fourth-order valence-corrected chi connectivity index (χ4v) is 12.1. The van der Waals surface area contributed by atoms with Crippen LogP contribution in [0.2, 0.25) is 0 Å². The molecule has 292 valence electrons. The first-order valence-corrected chi connectivity index (χ1v) is 22.3. The number of hydrogen-bond acceptors (Lipinski definition) is 4. The molecule has 63 heavy (non-hydrogen) atoms. The molecule has 0 radical (unpaired) electrons. The highest BCUT2D eigenvalue weighted by Gasteiger charge is 2.52. The van der Waals surface area contributed by atoms with Crippen molar-refractivity contribution in [2.75, 3.05) is 0 Å². The zero-order valence-electron chi connectivity index (χ0n) is 33.8. The molecule has 2 aliphatic rings. The van der Waals surface area contributed by atoms with Crippen molar-refractivity contribution in [2.45, 2.75) is 5.41 Å². The van der Waals surface area contributed by atoms with Crippen molar-refractivity contribution in [3.8, 4) is 62.1 Å². The van der Waals surface area contributed by atoms with Crippen molar-refractivity contribution in [1.82, 2.24) is 19.5 Å². The third-order valence-corrected chi connectivity index (χ3v) is 14.6. The zero-order chi connectivity index (χ0) is 41.2. The predicted molar refractivity (Wildman–Crippen MR) is 260 cm³/mol. The number of aromatic nitrogens is 4. The van der Waals surface area contributed by atoms with Gasteiger partial charge in [0.05, 0.1) is 16.4 Å². The van der Waals surface area contributed by atoms with Crippen LogP contribution in [0.4, 0.5) is 0 Å². The molecule has 2 aliphatic carbocycles. The lowest BCUT2D eigenvalue weighted by Gasteiger charge is -2.30. The van der Waals surface area contributed by atoms with E-state index in [1.165, 1.54) is 81.1 Å². The van der Waals surface area contributed by atoms with E-state index in [4.69, 9.17) is 15.0 Å². The van der Waals surface area contributed by atoms with Gasteiger partial charge in [-0.25, -0.2) is 15.0 Å². The van der Waals surface area contributed by atoms with Crippen LogP contribution in [0, 0.1) is 0 Å². The van der Waals surface area contributed by atoms with E-state index in [-0.39, 0.29) is 0 Å². The number of benzene rings is 9. The SMILES string of the molecule is c1ccc(-c2nc(-c3ccccc3)nc(-c3cccc4sc5ccc(-n6c7ccccc7c7c8c(ccc76)C6(c7ccccc7-c7ccccc76)c6ccccc6-8)cc5c34)n2)cc1. The summed E-state index contributed by atoms with van der Waals surface area (Å²) in [5.74, 6) is 1.97. The van der Waals surface area contributed by atoms with Crippen molar-refractivity contribution in [1.29, 1.82) is 0 Å². The van der Waals surface area contributed by atoms with Crippen molar-refractivity contribution < 1.29 is 0 Å². The Hall–Kier alpha value is -7.99. The van der Waals surface area contributed by atoms with Crippen LogP contribution < -0.4 is 0 Å². The Kier molecular flexibility index (Phi) is 7.16. The molecule has 4 nitrogen and oxygen atoms in total. The highest BCUT2D eigenvalue weighted by atomic mass is 32.1. The van der Waals surface area contributed by atoms with Gasteiger partial charge in [-0.3, -0.25) is 0 Å². The molecule has 0 unspecified atom stereocenters. The Balaban J connectivity index is 1.02. The van der Waals surface area contributed by atoms with E-state index in [1.807, 2.05) is 47.7 Å². The largest absolute Gasteiger partial charge is 0.309 e. The fourth-order valence-electron chi connectivity index (χ4n) is 11.0. The summed E-state index contributed by atoms with van der Waals surface area (Å²) in [5, 5.41) is 4.87. The molecular weight excluding hydrogens is 785 g/mol. The van der Waals surface area contributed by atoms with Crippen molar-refractivity contribution in [3.63, 3.8) is 0 Å². The molecule has 3 heterocycles. The van der Waals surface area contributed by atoms with Gasteiger partial charge in [0.1, 0.15) is 0 Å². The van der Waals surface area contributed by atoms with Crippen LogP contribution >= 0.6 is 11.3 Å². The van der Waals surface area contributed by atoms with Crippen molar-refractivity contribution >= 4 is 53.3 Å². The summed E-state index contributed by atoms with van der Waals surface area (Å²) in [4.78, 5) is 15.4. The summed E-state index contributed by atoms with van der Waals surface area (Å²) in [6.07, 6.45) is 0. The number of para-hydroxylation sites is 1. The molecule has 12 aromatic rings. The molecule has 1 spiro atoms. The van der Waals surface area contributed by atoms with Crippen LogP contribution in [0.1, 0.15) is 22.3 Å². The Bertz CT molecular complexity index is 3760. The summed E-state index contributed by atoms with van der Waals surface area (Å²) < 4.78 is 4.89. The van der Waals surface area contributed by atoms with Gasteiger partial charge in [0.15, 0.2) is 17.5 Å². The molecular formula is C58H34N4S. The van der Waals surface area contributed by atoms with E-state index in [9.17, 15) is 0 Å². The quantitative estimate of drug-likeness (QED) is 0.178. The highest BCUT2D eigenvalue weighted by Crippen LogP contribution is 2.64. The molecule has 0 saturated heterocycles. The standard InChI is InChI=1S/C58H34N4S/c1-3-16-35(17-4-1)55-59-56(36-18-5-2-6-19-36)61-57(60-55)42-24-15-29-51-52(42)43-34-37(30-33-50(43)63-51)62-48-28-14-10-23-41(48)54-49(62)32-31-47-53(54)40-22-9-13-27-46(40)58(47)44-25-11-7-20-38(44)39-21-8-12-26-45(39)58/h1-34H. The molecule has 14 rings (SSSR count). The maximum atomic E-state index is 5.18. The van der Waals surface area contributed by atoms with E-state index in [0.717, 1.165) is 27.8 Å². The van der Waals surface area contributed by atoms with Gasteiger partial charge in [0.2, 0.25) is 0 Å². The summed E-state index contributed by atoms with van der Waals surface area (Å²) >= 11 is 1.81. The lowest BCUT2D eigenvalue weighted by Crippen LogP contribution is -2.25. The molecule has 0 bridgehead atoms. The summed E-state index contributed by atoms with van der Waals surface area (Å²) in [5.41, 5.74) is 16.7. The van der Waals surface area contributed by atoms with Crippen LogP contribution in [-0.2, 0) is 5.41 Å². The van der Waals surface area contributed by atoms with E-state index in [1.54, 1.807) is 0 Å². The van der Waals surface area contributed by atoms with Gasteiger partial charge in [0, 0.05) is 53.3 Å². The monoisotopic (exact) mass is 818 g/mol. The third kappa shape index (κ3) is 4.72. The lowest BCUT2D eigenvalue weighted by molar-refractivity contribution is 0.794. The van der Waals surface area contributed by atoms with E-state index >= 15 is 0 Å². The molecule has 3 aromatic heterocycles. The van der Waals surface area contributed by atoms with Crippen molar-refractivity contribution in [2.24, 2.45) is 0 Å². The third-order valence-electron chi connectivity index (χ3n) is 13.5. The summed E-state index contributed by atoms with van der Waals surface area (Å²) in [6, 6.07) is 74.8. The maximum absolute atomic E-state index is 5.18. The Morgan fingerprint density at radius 1 is 0.365 bits per heavy atom. The van der Waals surface area contributed by atoms with Gasteiger partial charge < -0.3 is 4.57 Å². The molecule has 0 aliphatic heterocycles. The van der Waals surface area contributed by atoms with E-state index in [2.05, 4.69) is 174 Å². The van der Waals surface area contributed by atoms with Crippen LogP contribution in [-0.4, -0.2) is 19.5 Å². The van der Waals surface area contributed by atoms with E-state index < -0.39 is 5.41 Å². The molecule has 9 aromatic carbocycles. The minimum absolute atomic E-state index is 0.406. The van der Waals surface area contributed by atoms with Crippen molar-refractivity contribution in [3.05, 3.63) is 229 Å². The Morgan fingerprint density at radius 2 is 0.937 bits per heavy atom. The number of hydrogen-bond donors (Lipinski definition) is 0. The average molecular weight is 819 g/mol. The molecule has 0 amide bonds. The molecule has 0 atom stereocenters. The molecule has 5 heteroatoms. The van der Waals surface area contributed by atoms with Gasteiger partial charge in [-0.2, -0.15) is 0 Å². The number of nitrogens with zero attached hydrogens (tertiary/aromatic N) is 4. The predicted octanol–water partition coefficient (Wildman–Crippen LogP) is 14.7. The van der Waals surface area contributed by atoms with Gasteiger partial charge in [-0.15, -0.1) is 11.3 Å². The van der Waals surface area contributed by atoms with Crippen LogP contribution in [0.3, 0.4) is 0 Å². The molecule has 0 fully saturated rings. The topological polar surface area (TPSA) is 43.6 Å². The van der Waals surface area contributed by atoms with Gasteiger partial charge >= 0.3 is 0 Å². The first-order valence-electron chi connectivity index (χ1n) is 21.4. The first-order chi connectivity index (χ1) is 31.3. The van der Waals surface area contributed by atoms with Gasteiger partial charge in [-0.1, -0.05) is 170 Å².